The average Bonchev–Trinajstić information content (AvgIpc) is 2.47. The van der Waals surface area contributed by atoms with Crippen molar-refractivity contribution < 1.29 is 4.79 Å². The number of benzene rings is 1. The van der Waals surface area contributed by atoms with Crippen molar-refractivity contribution in [1.29, 1.82) is 0 Å². The van der Waals surface area contributed by atoms with E-state index in [0.717, 1.165) is 25.9 Å². The van der Waals surface area contributed by atoms with Crippen molar-refractivity contribution in [3.05, 3.63) is 35.4 Å². The summed E-state index contributed by atoms with van der Waals surface area (Å²) in [6, 6.07) is 8.87. The molecule has 0 bridgehead atoms. The molecule has 1 aliphatic rings. The van der Waals surface area contributed by atoms with Crippen molar-refractivity contribution in [3.8, 4) is 0 Å². The summed E-state index contributed by atoms with van der Waals surface area (Å²) in [6.07, 6.45) is 2.28. The largest absolute Gasteiger partial charge is 0.342 e. The highest BCUT2D eigenvalue weighted by Crippen LogP contribution is 2.43. The van der Waals surface area contributed by atoms with Crippen LogP contribution in [0.15, 0.2) is 24.3 Å². The second kappa shape index (κ2) is 6.61. The Morgan fingerprint density at radius 1 is 1.29 bits per heavy atom. The third-order valence-electron chi connectivity index (χ3n) is 4.76. The smallest absolute Gasteiger partial charge is 0.236 e. The molecule has 1 aliphatic carbocycles. The number of carbonyl (C=O) groups excluding carboxylic acids is 1. The molecule has 0 saturated heterocycles. The minimum Gasteiger partial charge on any atom is -0.342 e. The molecule has 0 saturated carbocycles. The third-order valence-corrected chi connectivity index (χ3v) is 4.76. The molecule has 3 heteroatoms. The van der Waals surface area contributed by atoms with Crippen LogP contribution in [-0.4, -0.2) is 30.4 Å². The predicted molar refractivity (Wildman–Crippen MR) is 87.2 cm³/mol. The zero-order valence-electron chi connectivity index (χ0n) is 13.8. The van der Waals surface area contributed by atoms with Gasteiger partial charge in [0.25, 0.3) is 0 Å². The van der Waals surface area contributed by atoms with Gasteiger partial charge in [0.2, 0.25) is 5.91 Å². The molecule has 1 atom stereocenters. The number of fused-ring (bicyclic) bond motifs is 1. The van der Waals surface area contributed by atoms with E-state index in [2.05, 4.69) is 43.4 Å². The fraction of sp³-hybridized carbons (Fsp3) is 0.611. The molecule has 1 N–H and O–H groups in total. The van der Waals surface area contributed by atoms with Gasteiger partial charge in [0, 0.05) is 19.1 Å². The summed E-state index contributed by atoms with van der Waals surface area (Å²) in [6.45, 7) is 10.6. The topological polar surface area (TPSA) is 32.3 Å². The van der Waals surface area contributed by atoms with Crippen molar-refractivity contribution in [1.82, 2.24) is 10.2 Å². The lowest BCUT2D eigenvalue weighted by molar-refractivity contribution is -0.130. The molecule has 1 amide bonds. The summed E-state index contributed by atoms with van der Waals surface area (Å²) in [5, 5.41) is 3.53. The lowest BCUT2D eigenvalue weighted by Crippen LogP contribution is -2.44. The number of nitrogens with zero attached hydrogens (tertiary/aromatic N) is 1. The summed E-state index contributed by atoms with van der Waals surface area (Å²) in [5.74, 6) is 0.193. The Hall–Kier alpha value is -1.35. The zero-order valence-corrected chi connectivity index (χ0v) is 13.8. The van der Waals surface area contributed by atoms with E-state index in [1.165, 1.54) is 11.1 Å². The maximum Gasteiger partial charge on any atom is 0.236 e. The molecule has 0 spiro atoms. The normalized spacial score (nSPS) is 19.9. The quantitative estimate of drug-likeness (QED) is 0.902. The van der Waals surface area contributed by atoms with Crippen LogP contribution in [0.3, 0.4) is 0 Å². The molecule has 21 heavy (non-hydrogen) atoms. The van der Waals surface area contributed by atoms with Crippen molar-refractivity contribution in [2.45, 2.75) is 46.6 Å². The Morgan fingerprint density at radius 2 is 1.95 bits per heavy atom. The first-order valence-corrected chi connectivity index (χ1v) is 8.08. The van der Waals surface area contributed by atoms with Gasteiger partial charge in [-0.1, -0.05) is 38.1 Å². The molecule has 1 aromatic rings. The van der Waals surface area contributed by atoms with E-state index in [-0.39, 0.29) is 17.4 Å². The lowest BCUT2D eigenvalue weighted by atomic mass is 9.70. The molecule has 0 radical (unpaired) electrons. The lowest BCUT2D eigenvalue weighted by Gasteiger charge is -2.41. The Bertz CT molecular complexity index is 492. The van der Waals surface area contributed by atoms with Gasteiger partial charge in [0.05, 0.1) is 6.54 Å². The summed E-state index contributed by atoms with van der Waals surface area (Å²) in [4.78, 5) is 14.1. The SMILES string of the molecule is CCN(CC)C(=O)CNC1c2ccccc2CCC1(C)C. The first kappa shape index (κ1) is 16.0. The van der Waals surface area contributed by atoms with Crippen LogP contribution in [-0.2, 0) is 11.2 Å². The van der Waals surface area contributed by atoms with Crippen LogP contribution in [0.4, 0.5) is 0 Å². The molecular formula is C18H28N2O. The van der Waals surface area contributed by atoms with E-state index in [4.69, 9.17) is 0 Å². The summed E-state index contributed by atoms with van der Waals surface area (Å²) in [7, 11) is 0. The van der Waals surface area contributed by atoms with Gasteiger partial charge in [-0.2, -0.15) is 0 Å². The number of aryl methyl sites for hydroxylation is 1. The van der Waals surface area contributed by atoms with Crippen LogP contribution in [0, 0.1) is 5.41 Å². The van der Waals surface area contributed by atoms with Crippen LogP contribution >= 0.6 is 0 Å². The van der Waals surface area contributed by atoms with Gasteiger partial charge in [-0.25, -0.2) is 0 Å². The number of nitrogens with one attached hydrogen (secondary N) is 1. The zero-order chi connectivity index (χ0) is 15.5. The van der Waals surface area contributed by atoms with Gasteiger partial charge >= 0.3 is 0 Å². The number of hydrogen-bond donors (Lipinski definition) is 1. The second-order valence-corrected chi connectivity index (χ2v) is 6.57. The number of amides is 1. The fourth-order valence-corrected chi connectivity index (χ4v) is 3.33. The van der Waals surface area contributed by atoms with Crippen molar-refractivity contribution in [2.75, 3.05) is 19.6 Å². The van der Waals surface area contributed by atoms with Crippen LogP contribution in [0.5, 0.6) is 0 Å². The standard InChI is InChI=1S/C18H28N2O/c1-5-20(6-2)16(21)13-19-17-15-10-8-7-9-14(15)11-12-18(17,3)4/h7-10,17,19H,5-6,11-13H2,1-4H3. The highest BCUT2D eigenvalue weighted by Gasteiger charge is 2.35. The van der Waals surface area contributed by atoms with E-state index in [1.54, 1.807) is 0 Å². The van der Waals surface area contributed by atoms with Crippen molar-refractivity contribution >= 4 is 5.91 Å². The minimum atomic E-state index is 0.178. The second-order valence-electron chi connectivity index (χ2n) is 6.57. The number of carbonyl (C=O) groups is 1. The average molecular weight is 288 g/mol. The van der Waals surface area contributed by atoms with E-state index in [9.17, 15) is 4.79 Å². The van der Waals surface area contributed by atoms with E-state index in [0.29, 0.717) is 6.54 Å². The van der Waals surface area contributed by atoms with Crippen LogP contribution in [0.2, 0.25) is 0 Å². The number of likely N-dealkylation sites (N-methyl/N-ethyl adjacent to an activating group) is 1. The first-order chi connectivity index (χ1) is 9.99. The van der Waals surface area contributed by atoms with Crippen LogP contribution in [0.25, 0.3) is 0 Å². The molecule has 116 valence electrons. The summed E-state index contributed by atoms with van der Waals surface area (Å²) >= 11 is 0. The van der Waals surface area contributed by atoms with Crippen molar-refractivity contribution in [3.63, 3.8) is 0 Å². The van der Waals surface area contributed by atoms with Gasteiger partial charge in [-0.05, 0) is 43.2 Å². The maximum atomic E-state index is 12.2. The molecular weight excluding hydrogens is 260 g/mol. The van der Waals surface area contributed by atoms with Crippen LogP contribution in [0.1, 0.15) is 51.3 Å². The Balaban J connectivity index is 2.12. The fourth-order valence-electron chi connectivity index (χ4n) is 3.33. The van der Waals surface area contributed by atoms with Gasteiger partial charge in [-0.3, -0.25) is 4.79 Å². The van der Waals surface area contributed by atoms with Crippen LogP contribution < -0.4 is 5.32 Å². The minimum absolute atomic E-state index is 0.178. The number of hydrogen-bond acceptors (Lipinski definition) is 2. The summed E-state index contributed by atoms with van der Waals surface area (Å²) < 4.78 is 0. The van der Waals surface area contributed by atoms with E-state index >= 15 is 0 Å². The molecule has 0 aliphatic heterocycles. The molecule has 0 heterocycles. The molecule has 0 fully saturated rings. The number of rotatable bonds is 5. The highest BCUT2D eigenvalue weighted by atomic mass is 16.2. The van der Waals surface area contributed by atoms with Gasteiger partial charge in [-0.15, -0.1) is 0 Å². The predicted octanol–water partition coefficient (Wildman–Crippen LogP) is 3.16. The monoisotopic (exact) mass is 288 g/mol. The Labute approximate surface area is 128 Å². The highest BCUT2D eigenvalue weighted by molar-refractivity contribution is 5.78. The molecule has 1 aromatic carbocycles. The Kier molecular flexibility index (Phi) is 5.04. The molecule has 0 aromatic heterocycles. The first-order valence-electron chi connectivity index (χ1n) is 8.08. The van der Waals surface area contributed by atoms with E-state index in [1.807, 2.05) is 18.7 Å². The molecule has 3 nitrogen and oxygen atoms in total. The Morgan fingerprint density at radius 3 is 2.62 bits per heavy atom. The van der Waals surface area contributed by atoms with E-state index < -0.39 is 0 Å². The third kappa shape index (κ3) is 3.46. The maximum absolute atomic E-state index is 12.2. The molecule has 1 unspecified atom stereocenters. The molecule has 2 rings (SSSR count). The van der Waals surface area contributed by atoms with Gasteiger partial charge < -0.3 is 10.2 Å². The van der Waals surface area contributed by atoms with Crippen molar-refractivity contribution in [2.24, 2.45) is 5.41 Å². The summed E-state index contributed by atoms with van der Waals surface area (Å²) in [5.41, 5.74) is 2.96. The van der Waals surface area contributed by atoms with Gasteiger partial charge in [0.1, 0.15) is 0 Å². The van der Waals surface area contributed by atoms with Gasteiger partial charge in [0.15, 0.2) is 0 Å².